The van der Waals surface area contributed by atoms with E-state index in [1.165, 1.54) is 0 Å². The van der Waals surface area contributed by atoms with Crippen LogP contribution in [0.5, 0.6) is 0 Å². The number of nitrogens with zero attached hydrogens (tertiary/aromatic N) is 1. The topological polar surface area (TPSA) is 65.1 Å². The largest absolute Gasteiger partial charge is 0.444 e. The smallest absolute Gasteiger partial charge is 0.412 e. The summed E-state index contributed by atoms with van der Waals surface area (Å²) in [6, 6.07) is 20.4. The number of aldehydes is 1. The molecule has 0 unspecified atom stereocenters. The molecule has 1 amide bonds. The first-order chi connectivity index (χ1) is 17.6. The van der Waals surface area contributed by atoms with Crippen LogP contribution in [0.4, 0.5) is 4.79 Å². The van der Waals surface area contributed by atoms with Crippen molar-refractivity contribution in [2.75, 3.05) is 6.61 Å². The lowest BCUT2D eigenvalue weighted by Crippen LogP contribution is -2.67. The van der Waals surface area contributed by atoms with Crippen molar-refractivity contribution in [2.24, 2.45) is 5.92 Å². The highest BCUT2D eigenvalue weighted by Crippen LogP contribution is 2.41. The van der Waals surface area contributed by atoms with Crippen LogP contribution in [0.2, 0.25) is 5.04 Å². The molecule has 6 nitrogen and oxygen atoms in total. The summed E-state index contributed by atoms with van der Waals surface area (Å²) in [6.07, 6.45) is 0.413. The lowest BCUT2D eigenvalue weighted by Gasteiger charge is -2.44. The van der Waals surface area contributed by atoms with Crippen molar-refractivity contribution in [3.05, 3.63) is 60.7 Å². The zero-order valence-electron chi connectivity index (χ0n) is 24.5. The van der Waals surface area contributed by atoms with Gasteiger partial charge in [-0.3, -0.25) is 4.90 Å². The summed E-state index contributed by atoms with van der Waals surface area (Å²) in [5.74, 6) is -0.105. The fraction of sp³-hybridized carbons (Fsp3) is 0.548. The van der Waals surface area contributed by atoms with Crippen molar-refractivity contribution in [3.8, 4) is 0 Å². The van der Waals surface area contributed by atoms with E-state index in [-0.39, 0.29) is 23.7 Å². The van der Waals surface area contributed by atoms with Gasteiger partial charge in [0.2, 0.25) is 0 Å². The number of hydrogen-bond acceptors (Lipinski definition) is 5. The third-order valence-electron chi connectivity index (χ3n) is 7.22. The molecule has 0 spiro atoms. The average molecular weight is 540 g/mol. The van der Waals surface area contributed by atoms with Crippen molar-refractivity contribution in [3.63, 3.8) is 0 Å². The molecule has 3 rings (SSSR count). The van der Waals surface area contributed by atoms with Gasteiger partial charge in [-0.1, -0.05) is 88.4 Å². The molecule has 0 saturated carbocycles. The molecule has 1 aliphatic heterocycles. The van der Waals surface area contributed by atoms with Crippen LogP contribution in [0, 0.1) is 5.92 Å². The summed E-state index contributed by atoms with van der Waals surface area (Å²) in [4.78, 5) is 26.7. The SMILES string of the molecule is C[C@@H](CC=O)[C@H]1OC(C)(C)N(C(=O)OC(C)(C)C)[C@@H]1CO[Si](c1ccccc1)(c1ccccc1)C(C)(C)C. The molecule has 2 aromatic carbocycles. The fourth-order valence-electron chi connectivity index (χ4n) is 5.60. The van der Waals surface area contributed by atoms with E-state index in [4.69, 9.17) is 13.9 Å². The van der Waals surface area contributed by atoms with Crippen molar-refractivity contribution in [1.82, 2.24) is 4.90 Å². The van der Waals surface area contributed by atoms with Crippen LogP contribution in [-0.2, 0) is 18.7 Å². The van der Waals surface area contributed by atoms with E-state index in [2.05, 4.69) is 69.3 Å². The monoisotopic (exact) mass is 539 g/mol. The number of ether oxygens (including phenoxy) is 2. The van der Waals surface area contributed by atoms with Crippen LogP contribution < -0.4 is 10.4 Å². The second-order valence-electron chi connectivity index (χ2n) is 12.8. The molecule has 1 saturated heterocycles. The molecule has 3 atom stereocenters. The molecule has 0 bridgehead atoms. The predicted octanol–water partition coefficient (Wildman–Crippen LogP) is 5.53. The molecule has 1 heterocycles. The molecule has 1 aliphatic rings. The van der Waals surface area contributed by atoms with Crippen LogP contribution in [0.25, 0.3) is 0 Å². The molecule has 38 heavy (non-hydrogen) atoms. The van der Waals surface area contributed by atoms with Crippen molar-refractivity contribution >= 4 is 31.1 Å². The molecule has 7 heteroatoms. The summed E-state index contributed by atoms with van der Waals surface area (Å²) in [5, 5.41) is 2.11. The Morgan fingerprint density at radius 1 is 1.00 bits per heavy atom. The van der Waals surface area contributed by atoms with Crippen molar-refractivity contribution < 1.29 is 23.5 Å². The minimum Gasteiger partial charge on any atom is -0.444 e. The number of carbonyl (C=O) groups excluding carboxylic acids is 2. The number of rotatable bonds is 8. The molecule has 0 aromatic heterocycles. The van der Waals surface area contributed by atoms with Gasteiger partial charge in [-0.15, -0.1) is 0 Å². The van der Waals surface area contributed by atoms with Crippen LogP contribution >= 0.6 is 0 Å². The zero-order valence-corrected chi connectivity index (χ0v) is 25.5. The van der Waals surface area contributed by atoms with Gasteiger partial charge in [0.15, 0.2) is 0 Å². The lowest BCUT2D eigenvalue weighted by molar-refractivity contribution is -0.112. The Hall–Kier alpha value is -2.48. The highest BCUT2D eigenvalue weighted by atomic mass is 28.4. The first-order valence-electron chi connectivity index (χ1n) is 13.5. The van der Waals surface area contributed by atoms with Gasteiger partial charge in [-0.05, 0) is 55.9 Å². The minimum atomic E-state index is -2.86. The van der Waals surface area contributed by atoms with Gasteiger partial charge in [0, 0.05) is 6.42 Å². The van der Waals surface area contributed by atoms with E-state index in [0.717, 1.165) is 16.7 Å². The molecule has 1 fully saturated rings. The molecule has 2 aromatic rings. The Bertz CT molecular complexity index is 1040. The molecule has 0 radical (unpaired) electrons. The quantitative estimate of drug-likeness (QED) is 0.326. The van der Waals surface area contributed by atoms with Gasteiger partial charge >= 0.3 is 6.09 Å². The Morgan fingerprint density at radius 3 is 1.92 bits per heavy atom. The van der Waals surface area contributed by atoms with Crippen LogP contribution in [0.1, 0.15) is 68.7 Å². The van der Waals surface area contributed by atoms with Gasteiger partial charge in [0.1, 0.15) is 17.6 Å². The normalized spacial score (nSPS) is 20.7. The van der Waals surface area contributed by atoms with Gasteiger partial charge in [-0.25, -0.2) is 4.79 Å². The molecule has 208 valence electrons. The van der Waals surface area contributed by atoms with E-state index < -0.39 is 31.8 Å². The van der Waals surface area contributed by atoms with Gasteiger partial charge in [0.25, 0.3) is 8.32 Å². The second-order valence-corrected chi connectivity index (χ2v) is 17.1. The summed E-state index contributed by atoms with van der Waals surface area (Å²) in [6.45, 7) is 18.2. The van der Waals surface area contributed by atoms with E-state index in [1.54, 1.807) is 4.90 Å². The number of carbonyl (C=O) groups is 2. The predicted molar refractivity (Wildman–Crippen MR) is 154 cm³/mol. The molecular weight excluding hydrogens is 494 g/mol. The van der Waals surface area contributed by atoms with Gasteiger partial charge in [0.05, 0.1) is 18.8 Å². The first-order valence-corrected chi connectivity index (χ1v) is 15.4. The standard InChI is InChI=1S/C31H45NO5Si/c1-23(20-21-33)27-26(32(31(8,9)36-27)28(34)37-29(2,3)4)22-35-38(30(5,6)7,24-16-12-10-13-17-24)25-18-14-11-15-19-25/h10-19,21,23,26-27H,20,22H2,1-9H3/t23-,26+,27+/m0/s1. The Labute approximate surface area is 229 Å². The fourth-order valence-corrected chi connectivity index (χ4v) is 10.2. The summed E-state index contributed by atoms with van der Waals surface area (Å²) in [7, 11) is -2.86. The van der Waals surface area contributed by atoms with Gasteiger partial charge in [-0.2, -0.15) is 0 Å². The second kappa shape index (κ2) is 11.3. The Balaban J connectivity index is 2.12. The molecule has 0 N–H and O–H groups in total. The lowest BCUT2D eigenvalue weighted by atomic mass is 9.95. The first kappa shape index (κ1) is 30.1. The van der Waals surface area contributed by atoms with E-state index in [0.29, 0.717) is 6.42 Å². The number of benzene rings is 2. The Morgan fingerprint density at radius 2 is 1.50 bits per heavy atom. The average Bonchev–Trinajstić information content (AvgIpc) is 3.09. The maximum Gasteiger partial charge on any atom is 0.412 e. The minimum absolute atomic E-state index is 0.105. The zero-order chi connectivity index (χ0) is 28.4. The maximum absolute atomic E-state index is 13.6. The van der Waals surface area contributed by atoms with E-state index in [9.17, 15) is 9.59 Å². The maximum atomic E-state index is 13.6. The van der Waals surface area contributed by atoms with E-state index >= 15 is 0 Å². The molecule has 0 aliphatic carbocycles. The van der Waals surface area contributed by atoms with Crippen molar-refractivity contribution in [2.45, 2.75) is 97.2 Å². The number of amides is 1. The highest BCUT2D eigenvalue weighted by Gasteiger charge is 2.56. The van der Waals surface area contributed by atoms with Crippen LogP contribution in [0.15, 0.2) is 60.7 Å². The third-order valence-corrected chi connectivity index (χ3v) is 12.2. The third kappa shape index (κ3) is 6.21. The summed E-state index contributed by atoms with van der Waals surface area (Å²) >= 11 is 0. The van der Waals surface area contributed by atoms with Crippen LogP contribution in [0.3, 0.4) is 0 Å². The molecular formula is C31H45NO5Si. The van der Waals surface area contributed by atoms with Crippen molar-refractivity contribution in [1.29, 1.82) is 0 Å². The van der Waals surface area contributed by atoms with Crippen LogP contribution in [-0.4, -0.2) is 55.7 Å². The van der Waals surface area contributed by atoms with E-state index in [1.807, 2.05) is 53.7 Å². The summed E-state index contributed by atoms with van der Waals surface area (Å²) < 4.78 is 19.6. The number of hydrogen-bond donors (Lipinski definition) is 0. The Kier molecular flexibility index (Phi) is 8.96. The highest BCUT2D eigenvalue weighted by molar-refractivity contribution is 6.99. The summed E-state index contributed by atoms with van der Waals surface area (Å²) in [5.41, 5.74) is -1.59. The van der Waals surface area contributed by atoms with Gasteiger partial charge < -0.3 is 18.7 Å².